The zero-order chi connectivity index (χ0) is 12.8. The zero-order valence-electron chi connectivity index (χ0n) is 10.1. The van der Waals surface area contributed by atoms with E-state index in [1.165, 1.54) is 0 Å². The van der Waals surface area contributed by atoms with Gasteiger partial charge in [0.1, 0.15) is 0 Å². The third kappa shape index (κ3) is 4.43. The van der Waals surface area contributed by atoms with Crippen molar-refractivity contribution in [1.29, 1.82) is 0 Å². The first-order valence-corrected chi connectivity index (χ1v) is 7.40. The molecule has 0 heterocycles. The van der Waals surface area contributed by atoms with E-state index in [1.54, 1.807) is 0 Å². The van der Waals surface area contributed by atoms with Crippen LogP contribution in [-0.2, 0) is 0 Å². The van der Waals surface area contributed by atoms with Gasteiger partial charge in [0.05, 0.1) is 5.56 Å². The van der Waals surface area contributed by atoms with Crippen LogP contribution in [0.25, 0.3) is 0 Å². The predicted octanol–water partition coefficient (Wildman–Crippen LogP) is 4.38. The van der Waals surface area contributed by atoms with E-state index >= 15 is 0 Å². The van der Waals surface area contributed by atoms with Crippen LogP contribution in [-0.4, -0.2) is 12.5 Å². The summed E-state index contributed by atoms with van der Waals surface area (Å²) in [6, 6.07) is 5.60. The SMILES string of the molecule is CCC(CC)CNC(=O)c1cc(Br)ccc1Br. The largest absolute Gasteiger partial charge is 0.352 e. The molecule has 0 fully saturated rings. The van der Waals surface area contributed by atoms with Crippen LogP contribution in [0.2, 0.25) is 0 Å². The molecule has 0 radical (unpaired) electrons. The van der Waals surface area contributed by atoms with E-state index in [2.05, 4.69) is 51.0 Å². The normalized spacial score (nSPS) is 10.6. The second-order valence-electron chi connectivity index (χ2n) is 4.02. The number of hydrogen-bond acceptors (Lipinski definition) is 1. The molecule has 1 aromatic rings. The molecule has 17 heavy (non-hydrogen) atoms. The molecule has 0 aliphatic heterocycles. The van der Waals surface area contributed by atoms with Crippen LogP contribution in [0, 0.1) is 5.92 Å². The molecule has 1 aromatic carbocycles. The van der Waals surface area contributed by atoms with E-state index in [0.29, 0.717) is 11.5 Å². The smallest absolute Gasteiger partial charge is 0.252 e. The Morgan fingerprint density at radius 2 is 1.94 bits per heavy atom. The maximum Gasteiger partial charge on any atom is 0.252 e. The van der Waals surface area contributed by atoms with Crippen molar-refractivity contribution in [1.82, 2.24) is 5.32 Å². The Kier molecular flexibility index (Phi) is 6.20. The van der Waals surface area contributed by atoms with Gasteiger partial charge >= 0.3 is 0 Å². The summed E-state index contributed by atoms with van der Waals surface area (Å²) in [6.07, 6.45) is 2.19. The van der Waals surface area contributed by atoms with E-state index in [9.17, 15) is 4.79 Å². The average molecular weight is 363 g/mol. The van der Waals surface area contributed by atoms with Crippen LogP contribution < -0.4 is 5.32 Å². The summed E-state index contributed by atoms with van der Waals surface area (Å²) in [5.41, 5.74) is 0.672. The van der Waals surface area contributed by atoms with E-state index in [4.69, 9.17) is 0 Å². The number of hydrogen-bond donors (Lipinski definition) is 1. The molecule has 1 rings (SSSR count). The fraction of sp³-hybridized carbons (Fsp3) is 0.462. The fourth-order valence-electron chi connectivity index (χ4n) is 1.58. The molecule has 0 unspecified atom stereocenters. The Labute approximate surface area is 119 Å². The molecular weight excluding hydrogens is 346 g/mol. The highest BCUT2D eigenvalue weighted by molar-refractivity contribution is 9.11. The highest BCUT2D eigenvalue weighted by Crippen LogP contribution is 2.21. The Morgan fingerprint density at radius 1 is 1.29 bits per heavy atom. The molecule has 0 atom stereocenters. The number of carbonyl (C=O) groups excluding carboxylic acids is 1. The second-order valence-corrected chi connectivity index (χ2v) is 5.79. The molecule has 1 N–H and O–H groups in total. The van der Waals surface area contributed by atoms with E-state index in [1.807, 2.05) is 18.2 Å². The summed E-state index contributed by atoms with van der Waals surface area (Å²) >= 11 is 6.76. The molecule has 94 valence electrons. The lowest BCUT2D eigenvalue weighted by Crippen LogP contribution is -2.29. The molecule has 2 nitrogen and oxygen atoms in total. The van der Waals surface area contributed by atoms with Gasteiger partial charge in [-0.15, -0.1) is 0 Å². The maximum absolute atomic E-state index is 12.0. The number of benzene rings is 1. The van der Waals surface area contributed by atoms with E-state index in [-0.39, 0.29) is 5.91 Å². The molecule has 0 aliphatic carbocycles. The zero-order valence-corrected chi connectivity index (χ0v) is 13.3. The summed E-state index contributed by atoms with van der Waals surface area (Å²) in [6.45, 7) is 5.04. The van der Waals surface area contributed by atoms with Gasteiger partial charge in [0, 0.05) is 15.5 Å². The fourth-order valence-corrected chi connectivity index (χ4v) is 2.37. The molecule has 0 bridgehead atoms. The molecule has 0 aromatic heterocycles. The topological polar surface area (TPSA) is 29.1 Å². The van der Waals surface area contributed by atoms with Crippen molar-refractivity contribution in [3.8, 4) is 0 Å². The molecule has 1 amide bonds. The minimum Gasteiger partial charge on any atom is -0.352 e. The van der Waals surface area contributed by atoms with Gasteiger partial charge in [0.2, 0.25) is 0 Å². The van der Waals surface area contributed by atoms with Gasteiger partial charge in [0.15, 0.2) is 0 Å². The second kappa shape index (κ2) is 7.17. The molecule has 0 aliphatic rings. The van der Waals surface area contributed by atoms with Gasteiger partial charge in [-0.25, -0.2) is 0 Å². The summed E-state index contributed by atoms with van der Waals surface area (Å²) in [7, 11) is 0. The number of amides is 1. The number of rotatable bonds is 5. The Bertz CT molecular complexity index is 389. The maximum atomic E-state index is 12.0. The van der Waals surface area contributed by atoms with Crippen molar-refractivity contribution in [2.45, 2.75) is 26.7 Å². The number of nitrogens with one attached hydrogen (secondary N) is 1. The lowest BCUT2D eigenvalue weighted by molar-refractivity contribution is 0.0945. The molecule has 0 saturated carbocycles. The number of carbonyl (C=O) groups is 1. The van der Waals surface area contributed by atoms with Crippen LogP contribution in [0.5, 0.6) is 0 Å². The van der Waals surface area contributed by atoms with Gasteiger partial charge < -0.3 is 5.32 Å². The van der Waals surface area contributed by atoms with Gasteiger partial charge in [-0.05, 0) is 40.0 Å². The quantitative estimate of drug-likeness (QED) is 0.827. The van der Waals surface area contributed by atoms with E-state index < -0.39 is 0 Å². The lowest BCUT2D eigenvalue weighted by Gasteiger charge is -2.13. The highest BCUT2D eigenvalue weighted by atomic mass is 79.9. The van der Waals surface area contributed by atoms with Gasteiger partial charge in [0.25, 0.3) is 5.91 Å². The van der Waals surface area contributed by atoms with Crippen molar-refractivity contribution < 1.29 is 4.79 Å². The third-order valence-electron chi connectivity index (χ3n) is 2.88. The van der Waals surface area contributed by atoms with Crippen LogP contribution in [0.15, 0.2) is 27.1 Å². The Morgan fingerprint density at radius 3 is 2.53 bits per heavy atom. The van der Waals surface area contributed by atoms with Crippen molar-refractivity contribution >= 4 is 37.8 Å². The predicted molar refractivity (Wildman–Crippen MR) is 78.2 cm³/mol. The standard InChI is InChI=1S/C13H17Br2NO/c1-3-9(4-2)8-16-13(17)11-7-10(14)5-6-12(11)15/h5-7,9H,3-4,8H2,1-2H3,(H,16,17). The molecule has 4 heteroatoms. The van der Waals surface area contributed by atoms with Crippen molar-refractivity contribution in [2.75, 3.05) is 6.54 Å². The van der Waals surface area contributed by atoms with Crippen LogP contribution in [0.1, 0.15) is 37.0 Å². The summed E-state index contributed by atoms with van der Waals surface area (Å²) in [4.78, 5) is 12.0. The highest BCUT2D eigenvalue weighted by Gasteiger charge is 2.12. The summed E-state index contributed by atoms with van der Waals surface area (Å²) in [5, 5.41) is 2.98. The Hall–Kier alpha value is -0.350. The van der Waals surface area contributed by atoms with Crippen molar-refractivity contribution in [3.63, 3.8) is 0 Å². The first-order chi connectivity index (χ1) is 8.08. The van der Waals surface area contributed by atoms with Gasteiger partial charge in [-0.1, -0.05) is 42.6 Å². The average Bonchev–Trinajstić information content (AvgIpc) is 2.33. The minimum atomic E-state index is -0.0231. The minimum absolute atomic E-state index is 0.0231. The molecular formula is C13H17Br2NO. The molecule has 0 saturated heterocycles. The van der Waals surface area contributed by atoms with Gasteiger partial charge in [-0.2, -0.15) is 0 Å². The van der Waals surface area contributed by atoms with Crippen LogP contribution >= 0.6 is 31.9 Å². The van der Waals surface area contributed by atoms with Crippen molar-refractivity contribution in [3.05, 3.63) is 32.7 Å². The first-order valence-electron chi connectivity index (χ1n) is 5.81. The van der Waals surface area contributed by atoms with Gasteiger partial charge in [-0.3, -0.25) is 4.79 Å². The first kappa shape index (κ1) is 14.7. The third-order valence-corrected chi connectivity index (χ3v) is 4.06. The summed E-state index contributed by atoms with van der Waals surface area (Å²) < 4.78 is 1.73. The van der Waals surface area contributed by atoms with Crippen molar-refractivity contribution in [2.24, 2.45) is 5.92 Å². The lowest BCUT2D eigenvalue weighted by atomic mass is 10.0. The molecule has 0 spiro atoms. The van der Waals surface area contributed by atoms with Crippen LogP contribution in [0.4, 0.5) is 0 Å². The number of halogens is 2. The van der Waals surface area contributed by atoms with Crippen LogP contribution in [0.3, 0.4) is 0 Å². The summed E-state index contributed by atoms with van der Waals surface area (Å²) in [5.74, 6) is 0.537. The Balaban J connectivity index is 2.66. The van der Waals surface area contributed by atoms with E-state index in [0.717, 1.165) is 28.3 Å². The monoisotopic (exact) mass is 361 g/mol.